The first kappa shape index (κ1) is 16.6. The van der Waals surface area contributed by atoms with Gasteiger partial charge in [0.05, 0.1) is 12.7 Å². The average Bonchev–Trinajstić information content (AvgIpc) is 2.97. The second-order valence-corrected chi connectivity index (χ2v) is 8.03. The fourth-order valence-electron chi connectivity index (χ4n) is 4.47. The maximum atomic E-state index is 6.12. The highest BCUT2D eigenvalue weighted by Gasteiger charge is 2.37. The van der Waals surface area contributed by atoms with Gasteiger partial charge in [-0.25, -0.2) is 0 Å². The molecule has 24 heavy (non-hydrogen) atoms. The summed E-state index contributed by atoms with van der Waals surface area (Å²) in [6.07, 6.45) is 4.04. The molecule has 4 nitrogen and oxygen atoms in total. The molecule has 0 bridgehead atoms. The summed E-state index contributed by atoms with van der Waals surface area (Å²) < 4.78 is 5.82. The summed E-state index contributed by atoms with van der Waals surface area (Å²) in [6, 6.07) is 10.1. The molecule has 3 fully saturated rings. The van der Waals surface area contributed by atoms with Gasteiger partial charge in [-0.05, 0) is 44.4 Å². The van der Waals surface area contributed by atoms with Gasteiger partial charge in [-0.3, -0.25) is 4.90 Å². The molecule has 0 amide bonds. The second-order valence-electron chi connectivity index (χ2n) is 7.59. The highest BCUT2D eigenvalue weighted by Crippen LogP contribution is 2.26. The van der Waals surface area contributed by atoms with E-state index >= 15 is 0 Å². The Labute approximate surface area is 150 Å². The van der Waals surface area contributed by atoms with Crippen LogP contribution in [0.1, 0.15) is 26.2 Å². The number of nitrogens with one attached hydrogen (secondary N) is 1. The lowest BCUT2D eigenvalue weighted by molar-refractivity contribution is -0.0390. The third-order valence-electron chi connectivity index (χ3n) is 5.73. The van der Waals surface area contributed by atoms with Gasteiger partial charge in [-0.2, -0.15) is 0 Å². The lowest BCUT2D eigenvalue weighted by Crippen LogP contribution is -2.47. The van der Waals surface area contributed by atoms with Gasteiger partial charge in [0.15, 0.2) is 0 Å². The lowest BCUT2D eigenvalue weighted by Gasteiger charge is -2.35. The summed E-state index contributed by atoms with van der Waals surface area (Å²) in [6.45, 7) is 7.59. The van der Waals surface area contributed by atoms with Crippen LogP contribution < -0.4 is 10.2 Å². The van der Waals surface area contributed by atoms with Crippen molar-refractivity contribution in [1.82, 2.24) is 10.2 Å². The number of nitrogens with zero attached hydrogens (tertiary/aromatic N) is 2. The Morgan fingerprint density at radius 1 is 1.17 bits per heavy atom. The average molecular weight is 350 g/mol. The Morgan fingerprint density at radius 2 is 2.00 bits per heavy atom. The number of anilines is 1. The number of piperidine rings is 1. The summed E-state index contributed by atoms with van der Waals surface area (Å²) in [5.74, 6) is 0. The van der Waals surface area contributed by atoms with Crippen molar-refractivity contribution < 1.29 is 4.74 Å². The minimum absolute atomic E-state index is 0.390. The zero-order chi connectivity index (χ0) is 16.5. The van der Waals surface area contributed by atoms with Crippen molar-refractivity contribution in [2.45, 2.75) is 50.4 Å². The summed E-state index contributed by atoms with van der Waals surface area (Å²) in [4.78, 5) is 5.07. The van der Waals surface area contributed by atoms with Gasteiger partial charge in [0.1, 0.15) is 0 Å². The molecular formula is C19H28ClN3O. The van der Waals surface area contributed by atoms with E-state index < -0.39 is 0 Å². The van der Waals surface area contributed by atoms with Gasteiger partial charge in [0.2, 0.25) is 0 Å². The number of fused-ring (bicyclic) bond motifs is 1. The first-order valence-electron chi connectivity index (χ1n) is 9.29. The number of halogens is 1. The van der Waals surface area contributed by atoms with Gasteiger partial charge in [-0.1, -0.05) is 17.7 Å². The van der Waals surface area contributed by atoms with Crippen LogP contribution in [-0.2, 0) is 4.74 Å². The third-order valence-corrected chi connectivity index (χ3v) is 5.97. The van der Waals surface area contributed by atoms with Crippen LogP contribution in [0.3, 0.4) is 0 Å². The van der Waals surface area contributed by atoms with Crippen molar-refractivity contribution in [1.29, 1.82) is 0 Å². The number of hydrogen-bond acceptors (Lipinski definition) is 4. The number of rotatable bonds is 3. The summed E-state index contributed by atoms with van der Waals surface area (Å²) >= 11 is 6.12. The van der Waals surface area contributed by atoms with Gasteiger partial charge < -0.3 is 15.0 Å². The van der Waals surface area contributed by atoms with Crippen LogP contribution in [0.2, 0.25) is 5.02 Å². The lowest BCUT2D eigenvalue weighted by atomic mass is 10.0. The molecular weight excluding hydrogens is 322 g/mol. The Kier molecular flexibility index (Phi) is 5.00. The Morgan fingerprint density at radius 3 is 2.79 bits per heavy atom. The normalized spacial score (nSPS) is 32.1. The van der Waals surface area contributed by atoms with E-state index in [1.807, 2.05) is 12.1 Å². The molecule has 132 valence electrons. The SMILES string of the molecule is C[C@H]1CN2C[C@H](NC3CCN(c4cccc(Cl)c4)CC3)C[C@H]2CO1. The molecule has 0 radical (unpaired) electrons. The molecule has 3 atom stereocenters. The molecule has 1 N–H and O–H groups in total. The highest BCUT2D eigenvalue weighted by molar-refractivity contribution is 6.30. The van der Waals surface area contributed by atoms with Crippen LogP contribution in [0.4, 0.5) is 5.69 Å². The standard InChI is InChI=1S/C19H28ClN3O/c1-14-11-23-12-17(10-19(23)13-24-14)21-16-5-7-22(8-6-16)18-4-2-3-15(20)9-18/h2-4,9,14,16-17,19,21H,5-8,10-13H2,1H3/t14-,17+,19-/m0/s1. The van der Waals surface area contributed by atoms with Crippen molar-refractivity contribution in [2.24, 2.45) is 0 Å². The number of benzene rings is 1. The maximum absolute atomic E-state index is 6.12. The highest BCUT2D eigenvalue weighted by atomic mass is 35.5. The molecule has 0 aromatic heterocycles. The minimum Gasteiger partial charge on any atom is -0.376 e. The maximum Gasteiger partial charge on any atom is 0.0674 e. The van der Waals surface area contributed by atoms with Crippen LogP contribution in [0, 0.1) is 0 Å². The van der Waals surface area contributed by atoms with Crippen molar-refractivity contribution in [3.05, 3.63) is 29.3 Å². The molecule has 3 aliphatic rings. The molecule has 0 aliphatic carbocycles. The molecule has 5 heteroatoms. The fraction of sp³-hybridized carbons (Fsp3) is 0.684. The van der Waals surface area contributed by atoms with Crippen molar-refractivity contribution in [3.63, 3.8) is 0 Å². The molecule has 1 aromatic carbocycles. The molecule has 3 saturated heterocycles. The van der Waals surface area contributed by atoms with E-state index in [0.29, 0.717) is 24.2 Å². The second kappa shape index (κ2) is 7.20. The summed E-state index contributed by atoms with van der Waals surface area (Å²) in [5.41, 5.74) is 1.25. The van der Waals surface area contributed by atoms with Crippen molar-refractivity contribution in [2.75, 3.05) is 37.7 Å². The Hall–Kier alpha value is -0.810. The van der Waals surface area contributed by atoms with E-state index in [0.717, 1.165) is 31.3 Å². The molecule has 4 rings (SSSR count). The molecule has 0 spiro atoms. The van der Waals surface area contributed by atoms with Gasteiger partial charge in [-0.15, -0.1) is 0 Å². The molecule has 3 heterocycles. The zero-order valence-electron chi connectivity index (χ0n) is 14.5. The van der Waals surface area contributed by atoms with E-state index in [1.165, 1.54) is 31.5 Å². The zero-order valence-corrected chi connectivity index (χ0v) is 15.2. The van der Waals surface area contributed by atoms with E-state index in [2.05, 4.69) is 34.2 Å². The molecule has 1 aromatic rings. The van der Waals surface area contributed by atoms with E-state index in [9.17, 15) is 0 Å². The number of hydrogen-bond donors (Lipinski definition) is 1. The monoisotopic (exact) mass is 349 g/mol. The summed E-state index contributed by atoms with van der Waals surface area (Å²) in [7, 11) is 0. The Bertz CT molecular complexity index is 561. The third kappa shape index (κ3) is 3.72. The first-order chi connectivity index (χ1) is 11.7. The predicted octanol–water partition coefficient (Wildman–Crippen LogP) is 2.76. The molecule has 0 unspecified atom stereocenters. The van der Waals surface area contributed by atoms with Gasteiger partial charge in [0.25, 0.3) is 0 Å². The van der Waals surface area contributed by atoms with Gasteiger partial charge in [0, 0.05) is 55.0 Å². The first-order valence-corrected chi connectivity index (χ1v) is 9.67. The van der Waals surface area contributed by atoms with Crippen LogP contribution >= 0.6 is 11.6 Å². The van der Waals surface area contributed by atoms with E-state index in [1.54, 1.807) is 0 Å². The quantitative estimate of drug-likeness (QED) is 0.908. The Balaban J connectivity index is 1.26. The molecule has 3 aliphatic heterocycles. The molecule has 0 saturated carbocycles. The number of morpholine rings is 1. The summed E-state index contributed by atoms with van der Waals surface area (Å²) in [5, 5.41) is 4.75. The largest absolute Gasteiger partial charge is 0.376 e. The predicted molar refractivity (Wildman–Crippen MR) is 99.0 cm³/mol. The van der Waals surface area contributed by atoms with E-state index in [-0.39, 0.29) is 0 Å². The van der Waals surface area contributed by atoms with Crippen molar-refractivity contribution in [3.8, 4) is 0 Å². The topological polar surface area (TPSA) is 27.7 Å². The van der Waals surface area contributed by atoms with E-state index in [4.69, 9.17) is 16.3 Å². The minimum atomic E-state index is 0.390. The van der Waals surface area contributed by atoms with Gasteiger partial charge >= 0.3 is 0 Å². The van der Waals surface area contributed by atoms with Crippen LogP contribution in [0.25, 0.3) is 0 Å². The van der Waals surface area contributed by atoms with Crippen LogP contribution in [0.5, 0.6) is 0 Å². The van der Waals surface area contributed by atoms with Crippen molar-refractivity contribution >= 4 is 17.3 Å². The number of ether oxygens (including phenoxy) is 1. The van der Waals surface area contributed by atoms with Crippen LogP contribution in [-0.4, -0.2) is 61.9 Å². The fourth-order valence-corrected chi connectivity index (χ4v) is 4.66. The smallest absolute Gasteiger partial charge is 0.0674 e. The van der Waals surface area contributed by atoms with Crippen LogP contribution in [0.15, 0.2) is 24.3 Å².